The molecule has 4 heterocycles. The molecule has 0 spiro atoms. The first-order valence-electron chi connectivity index (χ1n) is 8.50. The number of hydrogen-bond acceptors (Lipinski definition) is 6. The molecule has 0 aromatic carbocycles. The first-order valence-corrected chi connectivity index (χ1v) is 9.32. The van der Waals surface area contributed by atoms with Crippen LogP contribution in [0.5, 0.6) is 5.88 Å². The Labute approximate surface area is 143 Å². The predicted molar refractivity (Wildman–Crippen MR) is 94.2 cm³/mol. The van der Waals surface area contributed by atoms with Gasteiger partial charge in [0, 0.05) is 10.8 Å². The number of aromatic nitrogens is 4. The number of hydrogen-bond donors (Lipinski definition) is 1. The lowest BCUT2D eigenvalue weighted by atomic mass is 9.97. The van der Waals surface area contributed by atoms with Crippen molar-refractivity contribution in [1.82, 2.24) is 19.7 Å². The lowest BCUT2D eigenvalue weighted by Crippen LogP contribution is -2.23. The van der Waals surface area contributed by atoms with Crippen LogP contribution in [-0.4, -0.2) is 26.4 Å². The van der Waals surface area contributed by atoms with Gasteiger partial charge in [0.25, 0.3) is 0 Å². The first kappa shape index (κ1) is 14.2. The summed E-state index contributed by atoms with van der Waals surface area (Å²) >= 11 is 1.81. The molecule has 3 aromatic heterocycles. The number of rotatable bonds is 2. The molecule has 124 valence electrons. The van der Waals surface area contributed by atoms with Crippen molar-refractivity contribution in [3.8, 4) is 5.88 Å². The summed E-state index contributed by atoms with van der Waals surface area (Å²) in [6.07, 6.45) is 8.29. The molecule has 0 bridgehead atoms. The number of anilines is 2. The van der Waals surface area contributed by atoms with E-state index < -0.39 is 0 Å². The van der Waals surface area contributed by atoms with Gasteiger partial charge in [0.1, 0.15) is 22.7 Å². The van der Waals surface area contributed by atoms with Crippen LogP contribution < -0.4 is 10.1 Å². The average Bonchev–Trinajstić information content (AvgIpc) is 3.16. The van der Waals surface area contributed by atoms with Gasteiger partial charge in [0.2, 0.25) is 5.88 Å². The number of nitrogens with one attached hydrogen (secondary N) is 1. The second kappa shape index (κ2) is 5.44. The zero-order chi connectivity index (χ0) is 16.1. The van der Waals surface area contributed by atoms with Crippen molar-refractivity contribution >= 4 is 33.1 Å². The van der Waals surface area contributed by atoms with E-state index >= 15 is 0 Å². The smallest absolute Gasteiger partial charge is 0.236 e. The lowest BCUT2D eigenvalue weighted by Gasteiger charge is -2.21. The van der Waals surface area contributed by atoms with E-state index in [2.05, 4.69) is 27.3 Å². The van der Waals surface area contributed by atoms with E-state index in [1.807, 2.05) is 22.2 Å². The van der Waals surface area contributed by atoms with E-state index in [0.29, 0.717) is 5.92 Å². The molecule has 0 radical (unpaired) electrons. The third-order valence-electron chi connectivity index (χ3n) is 4.78. The Hall–Kier alpha value is -2.15. The van der Waals surface area contributed by atoms with Crippen LogP contribution in [-0.2, 0) is 19.4 Å². The molecule has 0 saturated carbocycles. The van der Waals surface area contributed by atoms with Gasteiger partial charge in [-0.25, -0.2) is 14.6 Å². The van der Waals surface area contributed by atoms with E-state index in [1.54, 1.807) is 6.33 Å². The highest BCUT2D eigenvalue weighted by atomic mass is 32.1. The van der Waals surface area contributed by atoms with Crippen molar-refractivity contribution in [3.05, 3.63) is 23.0 Å². The van der Waals surface area contributed by atoms with Gasteiger partial charge in [-0.1, -0.05) is 6.92 Å². The predicted octanol–water partition coefficient (Wildman–Crippen LogP) is 3.54. The van der Waals surface area contributed by atoms with E-state index in [-0.39, 0.29) is 0 Å². The van der Waals surface area contributed by atoms with Gasteiger partial charge in [0.15, 0.2) is 0 Å². The average molecular weight is 341 g/mol. The molecule has 1 aliphatic heterocycles. The minimum atomic E-state index is 0.486. The fraction of sp³-hybridized carbons (Fsp3) is 0.471. The van der Waals surface area contributed by atoms with Crippen LogP contribution in [0.4, 0.5) is 11.5 Å². The van der Waals surface area contributed by atoms with Crippen molar-refractivity contribution in [3.63, 3.8) is 0 Å². The monoisotopic (exact) mass is 341 g/mol. The Kier molecular flexibility index (Phi) is 3.22. The zero-order valence-corrected chi connectivity index (χ0v) is 14.4. The molecule has 24 heavy (non-hydrogen) atoms. The molecule has 0 amide bonds. The SMILES string of the molecule is CC1COc2c(Nc3ncnc4sc5c(c34)CCCC5)cnn2C1. The maximum Gasteiger partial charge on any atom is 0.236 e. The Morgan fingerprint density at radius 3 is 3.17 bits per heavy atom. The first-order chi connectivity index (χ1) is 11.8. The van der Waals surface area contributed by atoms with Crippen molar-refractivity contribution in [2.45, 2.75) is 39.2 Å². The molecule has 6 nitrogen and oxygen atoms in total. The van der Waals surface area contributed by atoms with Crippen molar-refractivity contribution in [2.75, 3.05) is 11.9 Å². The summed E-state index contributed by atoms with van der Waals surface area (Å²) in [4.78, 5) is 11.6. The summed E-state index contributed by atoms with van der Waals surface area (Å²) in [6, 6.07) is 0. The summed E-state index contributed by atoms with van der Waals surface area (Å²) in [5.41, 5.74) is 2.32. The summed E-state index contributed by atoms with van der Waals surface area (Å²) in [6.45, 7) is 3.79. The third-order valence-corrected chi connectivity index (χ3v) is 5.98. The Morgan fingerprint density at radius 2 is 2.21 bits per heavy atom. The van der Waals surface area contributed by atoms with E-state index in [4.69, 9.17) is 4.74 Å². The maximum absolute atomic E-state index is 5.88. The van der Waals surface area contributed by atoms with Gasteiger partial charge < -0.3 is 10.1 Å². The van der Waals surface area contributed by atoms with Crippen LogP contribution in [0.25, 0.3) is 10.2 Å². The van der Waals surface area contributed by atoms with Gasteiger partial charge in [-0.15, -0.1) is 11.3 Å². The highest BCUT2D eigenvalue weighted by Gasteiger charge is 2.23. The second-order valence-corrected chi connectivity index (χ2v) is 7.78. The van der Waals surface area contributed by atoms with Crippen LogP contribution in [0, 0.1) is 5.92 Å². The zero-order valence-electron chi connectivity index (χ0n) is 13.6. The summed E-state index contributed by atoms with van der Waals surface area (Å²) < 4.78 is 7.81. The number of aryl methyl sites for hydroxylation is 2. The standard InChI is InChI=1S/C17H19N5OS/c1-10-7-22-17(23-8-10)12(6-20-22)21-15-14-11-4-2-3-5-13(11)24-16(14)19-9-18-15/h6,9-10H,2-5,7-8H2,1H3,(H,18,19,21). The van der Waals surface area contributed by atoms with Crippen LogP contribution >= 0.6 is 11.3 Å². The van der Waals surface area contributed by atoms with Crippen LogP contribution in [0.15, 0.2) is 12.5 Å². The lowest BCUT2D eigenvalue weighted by molar-refractivity contribution is 0.176. The van der Waals surface area contributed by atoms with Crippen LogP contribution in [0.3, 0.4) is 0 Å². The van der Waals surface area contributed by atoms with Crippen LogP contribution in [0.2, 0.25) is 0 Å². The largest absolute Gasteiger partial charge is 0.476 e. The molecule has 5 rings (SSSR count). The molecule has 7 heteroatoms. The Balaban J connectivity index is 1.57. The molecule has 1 atom stereocenters. The molecule has 2 aliphatic rings. The van der Waals surface area contributed by atoms with E-state index in [1.165, 1.54) is 35.1 Å². The second-order valence-electron chi connectivity index (χ2n) is 6.70. The molecule has 1 aliphatic carbocycles. The number of ether oxygens (including phenoxy) is 1. The van der Waals surface area contributed by atoms with Gasteiger partial charge in [-0.2, -0.15) is 5.10 Å². The molecule has 0 saturated heterocycles. The van der Waals surface area contributed by atoms with E-state index in [9.17, 15) is 0 Å². The normalized spacial score (nSPS) is 19.6. The van der Waals surface area contributed by atoms with Gasteiger partial charge in [-0.3, -0.25) is 0 Å². The van der Waals surface area contributed by atoms with Gasteiger partial charge in [0.05, 0.1) is 24.7 Å². The van der Waals surface area contributed by atoms with Crippen molar-refractivity contribution in [1.29, 1.82) is 0 Å². The fourth-order valence-corrected chi connectivity index (χ4v) is 4.85. The third kappa shape index (κ3) is 2.18. The summed E-state index contributed by atoms with van der Waals surface area (Å²) in [7, 11) is 0. The van der Waals surface area contributed by atoms with Gasteiger partial charge in [-0.05, 0) is 31.2 Å². The summed E-state index contributed by atoms with van der Waals surface area (Å²) in [5, 5.41) is 9.08. The number of nitrogens with zero attached hydrogens (tertiary/aromatic N) is 4. The van der Waals surface area contributed by atoms with Gasteiger partial charge >= 0.3 is 0 Å². The van der Waals surface area contributed by atoms with E-state index in [0.717, 1.165) is 41.8 Å². The van der Waals surface area contributed by atoms with Crippen LogP contribution in [0.1, 0.15) is 30.2 Å². The minimum Gasteiger partial charge on any atom is -0.476 e. The molecule has 3 aromatic rings. The highest BCUT2D eigenvalue weighted by Crippen LogP contribution is 2.40. The minimum absolute atomic E-state index is 0.486. The van der Waals surface area contributed by atoms with Crippen molar-refractivity contribution < 1.29 is 4.74 Å². The molecular weight excluding hydrogens is 322 g/mol. The quantitative estimate of drug-likeness (QED) is 0.772. The Bertz CT molecular complexity index is 915. The maximum atomic E-state index is 5.88. The Morgan fingerprint density at radius 1 is 1.29 bits per heavy atom. The molecule has 1 unspecified atom stereocenters. The topological polar surface area (TPSA) is 64.9 Å². The van der Waals surface area contributed by atoms with Crippen molar-refractivity contribution in [2.24, 2.45) is 5.92 Å². The molecular formula is C17H19N5OS. The fourth-order valence-electron chi connectivity index (χ4n) is 3.62. The number of thiophene rings is 1. The summed E-state index contributed by atoms with van der Waals surface area (Å²) in [5.74, 6) is 2.17. The molecule has 0 fully saturated rings. The highest BCUT2D eigenvalue weighted by molar-refractivity contribution is 7.19. The molecule has 1 N–H and O–H groups in total. The number of fused-ring (bicyclic) bond motifs is 4.